The standard InChI is InChI=1S/C16H15N3O4/c20-16(21)14-15(18-19-17-14)23-13-3-1-2-12(10-13)5-4-11-6-8-22-9-7-11/h1-3,10-11H,6-9H2,(H,20,21)(H,17,18,19). The molecule has 0 radical (unpaired) electrons. The Morgan fingerprint density at radius 3 is 3.00 bits per heavy atom. The van der Waals surface area contributed by atoms with Crippen LogP contribution in [0.2, 0.25) is 0 Å². The maximum absolute atomic E-state index is 11.0. The molecule has 0 spiro atoms. The summed E-state index contributed by atoms with van der Waals surface area (Å²) in [5.74, 6) is 5.98. The SMILES string of the molecule is O=C(O)c1nn[nH]c1Oc1cccc(C#CC2CCOCC2)c1. The van der Waals surface area contributed by atoms with Crippen molar-refractivity contribution in [2.24, 2.45) is 5.92 Å². The van der Waals surface area contributed by atoms with Gasteiger partial charge in [-0.3, -0.25) is 0 Å². The van der Waals surface area contributed by atoms with Crippen molar-refractivity contribution in [1.29, 1.82) is 0 Å². The van der Waals surface area contributed by atoms with Crippen LogP contribution in [0, 0.1) is 17.8 Å². The van der Waals surface area contributed by atoms with E-state index in [0.717, 1.165) is 31.6 Å². The number of hydrogen-bond donors (Lipinski definition) is 2. The lowest BCUT2D eigenvalue weighted by molar-refractivity contribution is 0.0687. The fourth-order valence-electron chi connectivity index (χ4n) is 2.21. The molecule has 0 unspecified atom stereocenters. The van der Waals surface area contributed by atoms with E-state index in [4.69, 9.17) is 14.6 Å². The van der Waals surface area contributed by atoms with Crippen molar-refractivity contribution < 1.29 is 19.4 Å². The highest BCUT2D eigenvalue weighted by Crippen LogP contribution is 2.22. The quantitative estimate of drug-likeness (QED) is 0.842. The minimum absolute atomic E-state index is 0.00737. The Labute approximate surface area is 132 Å². The van der Waals surface area contributed by atoms with Gasteiger partial charge in [-0.15, -0.1) is 5.10 Å². The molecule has 7 nitrogen and oxygen atoms in total. The lowest BCUT2D eigenvalue weighted by Gasteiger charge is -2.16. The van der Waals surface area contributed by atoms with Crippen LogP contribution in [0.3, 0.4) is 0 Å². The van der Waals surface area contributed by atoms with Gasteiger partial charge < -0.3 is 14.6 Å². The first-order valence-corrected chi connectivity index (χ1v) is 7.24. The van der Waals surface area contributed by atoms with E-state index >= 15 is 0 Å². The summed E-state index contributed by atoms with van der Waals surface area (Å²) in [5.41, 5.74) is 0.544. The third-order valence-corrected chi connectivity index (χ3v) is 3.42. The molecule has 23 heavy (non-hydrogen) atoms. The molecule has 0 bridgehead atoms. The molecule has 1 fully saturated rings. The number of nitrogens with zero attached hydrogens (tertiary/aromatic N) is 2. The molecule has 1 aliphatic rings. The third kappa shape index (κ3) is 3.87. The van der Waals surface area contributed by atoms with E-state index in [0.29, 0.717) is 11.7 Å². The average Bonchev–Trinajstić information content (AvgIpc) is 3.03. The molecular weight excluding hydrogens is 298 g/mol. The summed E-state index contributed by atoms with van der Waals surface area (Å²) in [7, 11) is 0. The minimum Gasteiger partial charge on any atom is -0.476 e. The first-order valence-electron chi connectivity index (χ1n) is 7.24. The fourth-order valence-corrected chi connectivity index (χ4v) is 2.21. The van der Waals surface area contributed by atoms with Gasteiger partial charge in [-0.25, -0.2) is 9.89 Å². The molecule has 0 aliphatic carbocycles. The van der Waals surface area contributed by atoms with Gasteiger partial charge in [0, 0.05) is 24.7 Å². The molecule has 1 aromatic carbocycles. The van der Waals surface area contributed by atoms with E-state index in [9.17, 15) is 4.79 Å². The summed E-state index contributed by atoms with van der Waals surface area (Å²) in [6.45, 7) is 1.51. The van der Waals surface area contributed by atoms with E-state index in [2.05, 4.69) is 27.3 Å². The van der Waals surface area contributed by atoms with Crippen LogP contribution in [0.5, 0.6) is 11.6 Å². The van der Waals surface area contributed by atoms with Gasteiger partial charge in [-0.1, -0.05) is 23.1 Å². The largest absolute Gasteiger partial charge is 0.476 e. The van der Waals surface area contributed by atoms with Gasteiger partial charge in [0.15, 0.2) is 0 Å². The lowest BCUT2D eigenvalue weighted by atomic mass is 10.0. The van der Waals surface area contributed by atoms with Gasteiger partial charge in [-0.2, -0.15) is 0 Å². The van der Waals surface area contributed by atoms with Crippen LogP contribution in [0.1, 0.15) is 28.9 Å². The van der Waals surface area contributed by atoms with E-state index in [-0.39, 0.29) is 11.6 Å². The Kier molecular flexibility index (Phi) is 4.54. The van der Waals surface area contributed by atoms with Crippen molar-refractivity contribution in [2.45, 2.75) is 12.8 Å². The summed E-state index contributed by atoms with van der Waals surface area (Å²) in [6, 6.07) is 7.14. The number of carbonyl (C=O) groups is 1. The number of rotatable bonds is 3. The van der Waals surface area contributed by atoms with Crippen molar-refractivity contribution in [2.75, 3.05) is 13.2 Å². The lowest BCUT2D eigenvalue weighted by Crippen LogP contribution is -2.13. The Morgan fingerprint density at radius 2 is 2.22 bits per heavy atom. The molecule has 1 saturated heterocycles. The summed E-state index contributed by atoms with van der Waals surface area (Å²) < 4.78 is 10.8. The number of carboxylic acids is 1. The number of aromatic amines is 1. The maximum atomic E-state index is 11.0. The summed E-state index contributed by atoms with van der Waals surface area (Å²) in [4.78, 5) is 11.0. The molecule has 2 N–H and O–H groups in total. The van der Waals surface area contributed by atoms with Crippen molar-refractivity contribution in [3.63, 3.8) is 0 Å². The number of carboxylic acid groups (broad SMARTS) is 1. The Hall–Kier alpha value is -2.85. The summed E-state index contributed by atoms with van der Waals surface area (Å²) in [6.07, 6.45) is 1.90. The van der Waals surface area contributed by atoms with Crippen LogP contribution >= 0.6 is 0 Å². The van der Waals surface area contributed by atoms with Crippen molar-refractivity contribution in [1.82, 2.24) is 15.4 Å². The smallest absolute Gasteiger partial charge is 0.362 e. The van der Waals surface area contributed by atoms with Crippen molar-refractivity contribution >= 4 is 5.97 Å². The first-order chi connectivity index (χ1) is 11.2. The van der Waals surface area contributed by atoms with Gasteiger partial charge in [-0.05, 0) is 31.0 Å². The van der Waals surface area contributed by atoms with Gasteiger partial charge in [0.2, 0.25) is 5.69 Å². The second kappa shape index (κ2) is 6.94. The first kappa shape index (κ1) is 15.1. The zero-order chi connectivity index (χ0) is 16.1. The highest BCUT2D eigenvalue weighted by Gasteiger charge is 2.16. The van der Waals surface area contributed by atoms with Gasteiger partial charge in [0.25, 0.3) is 5.88 Å². The summed E-state index contributed by atoms with van der Waals surface area (Å²) in [5, 5.41) is 18.3. The highest BCUT2D eigenvalue weighted by molar-refractivity contribution is 5.87. The normalized spacial score (nSPS) is 14.8. The molecule has 7 heteroatoms. The minimum atomic E-state index is -1.20. The van der Waals surface area contributed by atoms with Gasteiger partial charge >= 0.3 is 5.97 Å². The molecule has 1 aromatic heterocycles. The van der Waals surface area contributed by atoms with Gasteiger partial charge in [0.05, 0.1) is 0 Å². The number of H-pyrrole nitrogens is 1. The second-order valence-corrected chi connectivity index (χ2v) is 5.08. The molecule has 1 aliphatic heterocycles. The molecule has 118 valence electrons. The molecular formula is C16H15N3O4. The zero-order valence-electron chi connectivity index (χ0n) is 12.3. The number of ether oxygens (including phenoxy) is 2. The molecule has 0 saturated carbocycles. The summed E-state index contributed by atoms with van der Waals surface area (Å²) >= 11 is 0. The predicted molar refractivity (Wildman–Crippen MR) is 80.3 cm³/mol. The van der Waals surface area contributed by atoms with Gasteiger partial charge in [0.1, 0.15) is 5.75 Å². The fraction of sp³-hybridized carbons (Fsp3) is 0.312. The average molecular weight is 313 g/mol. The Balaban J connectivity index is 1.73. The second-order valence-electron chi connectivity index (χ2n) is 5.08. The zero-order valence-corrected chi connectivity index (χ0v) is 12.3. The molecule has 0 amide bonds. The monoisotopic (exact) mass is 313 g/mol. The number of aromatic carboxylic acids is 1. The Morgan fingerprint density at radius 1 is 1.39 bits per heavy atom. The van der Waals surface area contributed by atoms with E-state index in [1.807, 2.05) is 6.07 Å². The van der Waals surface area contributed by atoms with Crippen LogP contribution < -0.4 is 4.74 Å². The number of hydrogen-bond acceptors (Lipinski definition) is 5. The number of benzene rings is 1. The number of nitrogens with one attached hydrogen (secondary N) is 1. The van der Waals surface area contributed by atoms with Crippen LogP contribution in [0.15, 0.2) is 24.3 Å². The maximum Gasteiger partial charge on any atom is 0.362 e. The molecule has 0 atom stereocenters. The van der Waals surface area contributed by atoms with Crippen LogP contribution in [-0.2, 0) is 4.74 Å². The highest BCUT2D eigenvalue weighted by atomic mass is 16.5. The van der Waals surface area contributed by atoms with Crippen molar-refractivity contribution in [3.05, 3.63) is 35.5 Å². The Bertz CT molecular complexity index is 754. The van der Waals surface area contributed by atoms with Crippen molar-refractivity contribution in [3.8, 4) is 23.5 Å². The molecule has 2 heterocycles. The molecule has 3 rings (SSSR count). The van der Waals surface area contributed by atoms with E-state index in [1.165, 1.54) is 0 Å². The van der Waals surface area contributed by atoms with Crippen LogP contribution in [0.4, 0.5) is 0 Å². The van der Waals surface area contributed by atoms with E-state index in [1.54, 1.807) is 18.2 Å². The van der Waals surface area contributed by atoms with Crippen LogP contribution in [-0.4, -0.2) is 39.7 Å². The van der Waals surface area contributed by atoms with Crippen LogP contribution in [0.25, 0.3) is 0 Å². The third-order valence-electron chi connectivity index (χ3n) is 3.42. The number of aromatic nitrogens is 3. The predicted octanol–water partition coefficient (Wildman–Crippen LogP) is 2.07. The molecule has 2 aromatic rings. The van der Waals surface area contributed by atoms with E-state index < -0.39 is 5.97 Å². The topological polar surface area (TPSA) is 97.3 Å².